The summed E-state index contributed by atoms with van der Waals surface area (Å²) in [6, 6.07) is 66.3. The second-order valence-electron chi connectivity index (χ2n) is 13.7. The molecule has 0 radical (unpaired) electrons. The lowest BCUT2D eigenvalue weighted by Crippen LogP contribution is -2.00. The molecule has 0 amide bonds. The van der Waals surface area contributed by atoms with E-state index in [0.717, 1.165) is 33.6 Å². The highest BCUT2D eigenvalue weighted by atomic mass is 16.5. The van der Waals surface area contributed by atoms with Crippen LogP contribution < -0.4 is 4.74 Å². The zero-order valence-electron chi connectivity index (χ0n) is 27.7. The van der Waals surface area contributed by atoms with Gasteiger partial charge in [0.15, 0.2) is 0 Å². The van der Waals surface area contributed by atoms with Crippen molar-refractivity contribution in [2.45, 2.75) is 0 Å². The van der Waals surface area contributed by atoms with Crippen molar-refractivity contribution in [3.63, 3.8) is 0 Å². The largest absolute Gasteiger partial charge is 0.455 e. The predicted molar refractivity (Wildman–Crippen MR) is 215 cm³/mol. The second kappa shape index (κ2) is 10.9. The van der Waals surface area contributed by atoms with Crippen molar-refractivity contribution in [3.05, 3.63) is 182 Å². The van der Waals surface area contributed by atoms with Gasteiger partial charge in [-0.05, 0) is 119 Å². The Morgan fingerprint density at radius 2 is 0.843 bits per heavy atom. The fourth-order valence-electron chi connectivity index (χ4n) is 8.38. The van der Waals surface area contributed by atoms with Gasteiger partial charge in [0.25, 0.3) is 0 Å². The highest BCUT2D eigenvalue weighted by Crippen LogP contribution is 2.52. The minimum absolute atomic E-state index is 0.883. The Morgan fingerprint density at radius 3 is 1.59 bits per heavy atom. The standard InChI is InChI=1S/C50H30O/c1-3-9-31(10-4-1)37-22-26-46-45(30-37)43-16-8-15-35-20-24-42(50(51-46)49(35)43)40-28-38(32-11-5-2-6-12-32)27-39(29-40)41-23-19-36-18-17-33-13-7-14-34-21-25-44(41)48(36)47(33)34/h1-30H. The maximum Gasteiger partial charge on any atom is 0.143 e. The van der Waals surface area contributed by atoms with Crippen LogP contribution in [0, 0.1) is 0 Å². The van der Waals surface area contributed by atoms with Gasteiger partial charge in [0.2, 0.25) is 0 Å². The second-order valence-corrected chi connectivity index (χ2v) is 13.7. The Balaban J connectivity index is 1.15. The van der Waals surface area contributed by atoms with E-state index in [1.54, 1.807) is 0 Å². The van der Waals surface area contributed by atoms with Crippen LogP contribution in [-0.2, 0) is 0 Å². The van der Waals surface area contributed by atoms with Crippen LogP contribution >= 0.6 is 0 Å². The third-order valence-electron chi connectivity index (χ3n) is 10.8. The maximum absolute atomic E-state index is 6.96. The zero-order valence-corrected chi connectivity index (χ0v) is 27.7. The van der Waals surface area contributed by atoms with E-state index in [1.807, 2.05) is 0 Å². The van der Waals surface area contributed by atoms with Gasteiger partial charge in [-0.3, -0.25) is 0 Å². The van der Waals surface area contributed by atoms with E-state index in [9.17, 15) is 0 Å². The van der Waals surface area contributed by atoms with Crippen molar-refractivity contribution in [2.75, 3.05) is 0 Å². The first-order chi connectivity index (χ1) is 25.3. The molecule has 0 aromatic heterocycles. The lowest BCUT2D eigenvalue weighted by atomic mass is 9.86. The van der Waals surface area contributed by atoms with Crippen molar-refractivity contribution in [2.24, 2.45) is 0 Å². The Labute approximate surface area is 296 Å². The van der Waals surface area contributed by atoms with Crippen LogP contribution in [0.2, 0.25) is 0 Å². The number of hydrogen-bond donors (Lipinski definition) is 0. The predicted octanol–water partition coefficient (Wildman–Crippen LogP) is 14.2. The van der Waals surface area contributed by atoms with Crippen molar-refractivity contribution < 1.29 is 4.74 Å². The Bertz CT molecular complexity index is 2960. The molecule has 0 fully saturated rings. The Hall–Kier alpha value is -6.70. The van der Waals surface area contributed by atoms with Gasteiger partial charge in [-0.1, -0.05) is 146 Å². The van der Waals surface area contributed by atoms with Crippen molar-refractivity contribution in [1.82, 2.24) is 0 Å². The molecular formula is C50H30O. The molecule has 1 heterocycles. The van der Waals surface area contributed by atoms with E-state index in [-0.39, 0.29) is 0 Å². The highest BCUT2D eigenvalue weighted by Gasteiger charge is 2.24. The molecule has 10 aromatic rings. The summed E-state index contributed by atoms with van der Waals surface area (Å²) in [4.78, 5) is 0. The zero-order chi connectivity index (χ0) is 33.5. The maximum atomic E-state index is 6.96. The number of rotatable bonds is 4. The first-order valence-corrected chi connectivity index (χ1v) is 17.6. The van der Waals surface area contributed by atoms with Crippen LogP contribution in [0.3, 0.4) is 0 Å². The molecule has 0 unspecified atom stereocenters. The van der Waals surface area contributed by atoms with Crippen LogP contribution in [-0.4, -0.2) is 0 Å². The molecule has 1 heteroatoms. The van der Waals surface area contributed by atoms with E-state index >= 15 is 0 Å². The van der Waals surface area contributed by atoms with Gasteiger partial charge in [0.1, 0.15) is 11.5 Å². The fourth-order valence-corrected chi connectivity index (χ4v) is 8.38. The summed E-state index contributed by atoms with van der Waals surface area (Å²) < 4.78 is 6.96. The lowest BCUT2D eigenvalue weighted by molar-refractivity contribution is 0.489. The third-order valence-corrected chi connectivity index (χ3v) is 10.8. The molecule has 1 aliphatic rings. The Morgan fingerprint density at radius 1 is 0.275 bits per heavy atom. The molecule has 0 bridgehead atoms. The average Bonchev–Trinajstić information content (AvgIpc) is 3.20. The fraction of sp³-hybridized carbons (Fsp3) is 0. The molecule has 0 aliphatic carbocycles. The summed E-state index contributed by atoms with van der Waals surface area (Å²) >= 11 is 0. The van der Waals surface area contributed by atoms with Gasteiger partial charge < -0.3 is 4.74 Å². The highest BCUT2D eigenvalue weighted by molar-refractivity contribution is 6.25. The molecular weight excluding hydrogens is 617 g/mol. The third kappa shape index (κ3) is 4.35. The van der Waals surface area contributed by atoms with Gasteiger partial charge in [0, 0.05) is 16.5 Å². The molecule has 236 valence electrons. The van der Waals surface area contributed by atoms with E-state index in [2.05, 4.69) is 182 Å². The van der Waals surface area contributed by atoms with Crippen molar-refractivity contribution >= 4 is 43.1 Å². The van der Waals surface area contributed by atoms with Crippen LogP contribution in [0.15, 0.2) is 182 Å². The summed E-state index contributed by atoms with van der Waals surface area (Å²) in [6.07, 6.45) is 0. The van der Waals surface area contributed by atoms with Crippen LogP contribution in [0.4, 0.5) is 0 Å². The Kier molecular flexibility index (Phi) is 6.02. The summed E-state index contributed by atoms with van der Waals surface area (Å²) in [6.45, 7) is 0. The van der Waals surface area contributed by atoms with E-state index in [0.29, 0.717) is 0 Å². The summed E-state index contributed by atoms with van der Waals surface area (Å²) in [5.74, 6) is 1.79. The van der Waals surface area contributed by atoms with Crippen molar-refractivity contribution in [1.29, 1.82) is 0 Å². The monoisotopic (exact) mass is 646 g/mol. The average molecular weight is 647 g/mol. The lowest BCUT2D eigenvalue weighted by Gasteiger charge is -2.25. The number of fused-ring (bicyclic) bond motifs is 2. The van der Waals surface area contributed by atoms with E-state index < -0.39 is 0 Å². The van der Waals surface area contributed by atoms with Crippen molar-refractivity contribution in [3.8, 4) is 67.1 Å². The molecule has 0 saturated carbocycles. The minimum Gasteiger partial charge on any atom is -0.455 e. The number of ether oxygens (including phenoxy) is 1. The summed E-state index contributed by atoms with van der Waals surface area (Å²) in [5.41, 5.74) is 11.7. The SMILES string of the molecule is c1ccc(-c2cc(-c3ccc4cccc5c4c3Oc3ccc(-c4ccccc4)cc3-5)cc(-c3ccc4ccc5cccc6ccc3c4c56)c2)cc1. The van der Waals surface area contributed by atoms with Gasteiger partial charge in [-0.25, -0.2) is 0 Å². The van der Waals surface area contributed by atoms with E-state index in [4.69, 9.17) is 4.74 Å². The van der Waals surface area contributed by atoms with Gasteiger partial charge in [-0.15, -0.1) is 0 Å². The molecule has 11 rings (SSSR count). The van der Waals surface area contributed by atoms with Gasteiger partial charge in [-0.2, -0.15) is 0 Å². The molecule has 0 spiro atoms. The number of benzene rings is 10. The summed E-state index contributed by atoms with van der Waals surface area (Å²) in [5, 5.41) is 10.1. The van der Waals surface area contributed by atoms with Crippen LogP contribution in [0.1, 0.15) is 0 Å². The van der Waals surface area contributed by atoms with Crippen LogP contribution in [0.25, 0.3) is 98.7 Å². The molecule has 0 atom stereocenters. The molecule has 10 aromatic carbocycles. The van der Waals surface area contributed by atoms with E-state index in [1.165, 1.54) is 76.6 Å². The molecule has 1 aliphatic heterocycles. The smallest absolute Gasteiger partial charge is 0.143 e. The summed E-state index contributed by atoms with van der Waals surface area (Å²) in [7, 11) is 0. The number of hydrogen-bond acceptors (Lipinski definition) is 1. The molecule has 1 nitrogen and oxygen atoms in total. The molecule has 51 heavy (non-hydrogen) atoms. The van der Waals surface area contributed by atoms with Gasteiger partial charge >= 0.3 is 0 Å². The van der Waals surface area contributed by atoms with Crippen LogP contribution in [0.5, 0.6) is 11.5 Å². The van der Waals surface area contributed by atoms with Gasteiger partial charge in [0.05, 0.1) is 0 Å². The first kappa shape index (κ1) is 28.2. The quantitative estimate of drug-likeness (QED) is 0.173. The molecule has 0 N–H and O–H groups in total. The first-order valence-electron chi connectivity index (χ1n) is 17.6. The minimum atomic E-state index is 0.883. The normalized spacial score (nSPS) is 12.1. The molecule has 0 saturated heterocycles. The topological polar surface area (TPSA) is 9.23 Å².